The van der Waals surface area contributed by atoms with E-state index in [9.17, 15) is 0 Å². The van der Waals surface area contributed by atoms with Crippen LogP contribution in [0.3, 0.4) is 0 Å². The molecule has 0 amide bonds. The highest BCUT2D eigenvalue weighted by atomic mass is 15.4. The maximum Gasteiger partial charge on any atom is 0.225 e. The van der Waals surface area contributed by atoms with E-state index in [0.29, 0.717) is 0 Å². The van der Waals surface area contributed by atoms with Crippen molar-refractivity contribution < 1.29 is 4.57 Å². The average molecular weight is 164 g/mol. The molecular weight excluding hydrogens is 150 g/mol. The highest BCUT2D eigenvalue weighted by Crippen LogP contribution is 1.86. The minimum Gasteiger partial charge on any atom is -0.303 e. The summed E-state index contributed by atoms with van der Waals surface area (Å²) < 4.78 is 2.02. The molecule has 0 aliphatic rings. The van der Waals surface area contributed by atoms with Gasteiger partial charge in [0.2, 0.25) is 5.69 Å². The van der Waals surface area contributed by atoms with Crippen LogP contribution in [0, 0.1) is 0 Å². The molecule has 1 rings (SSSR count). The second-order valence-corrected chi connectivity index (χ2v) is 2.83. The predicted molar refractivity (Wildman–Crippen MR) is 48.9 cm³/mol. The van der Waals surface area contributed by atoms with Gasteiger partial charge in [-0.1, -0.05) is 0 Å². The van der Waals surface area contributed by atoms with Gasteiger partial charge in [-0.05, 0) is 6.07 Å². The molecule has 64 valence electrons. The Labute approximate surface area is 72.9 Å². The Hall–Kier alpha value is -1.38. The maximum absolute atomic E-state index is 4.14. The van der Waals surface area contributed by atoms with Crippen molar-refractivity contribution in [1.29, 1.82) is 0 Å². The van der Waals surface area contributed by atoms with Crippen LogP contribution in [0.5, 0.6) is 0 Å². The summed E-state index contributed by atoms with van der Waals surface area (Å²) in [6.07, 6.45) is 3.83. The van der Waals surface area contributed by atoms with Gasteiger partial charge < -0.3 is 5.01 Å². The van der Waals surface area contributed by atoms with Crippen molar-refractivity contribution in [3.8, 4) is 0 Å². The first kappa shape index (κ1) is 8.71. The fourth-order valence-electron chi connectivity index (χ4n) is 0.845. The molecule has 0 saturated heterocycles. The third-order valence-corrected chi connectivity index (χ3v) is 1.52. The molecule has 1 aromatic heterocycles. The number of rotatable bonds is 2. The Morgan fingerprint density at radius 1 is 1.42 bits per heavy atom. The zero-order chi connectivity index (χ0) is 8.97. The lowest BCUT2D eigenvalue weighted by Crippen LogP contribution is -2.32. The lowest BCUT2D eigenvalue weighted by Gasteiger charge is -2.00. The highest BCUT2D eigenvalue weighted by molar-refractivity contribution is 5.74. The van der Waals surface area contributed by atoms with Gasteiger partial charge in [0.15, 0.2) is 6.20 Å². The average Bonchev–Trinajstić information content (AvgIpc) is 2.03. The molecule has 1 aromatic rings. The summed E-state index contributed by atoms with van der Waals surface area (Å²) in [5, 5.41) is 5.91. The minimum atomic E-state index is 1.09. The van der Waals surface area contributed by atoms with E-state index >= 15 is 0 Å². The molecule has 0 atom stereocenters. The lowest BCUT2D eigenvalue weighted by atomic mass is 10.4. The van der Waals surface area contributed by atoms with Gasteiger partial charge in [-0.2, -0.15) is 5.10 Å². The van der Waals surface area contributed by atoms with Crippen molar-refractivity contribution in [1.82, 2.24) is 5.01 Å². The number of aryl methyl sites for hydroxylation is 1. The van der Waals surface area contributed by atoms with Crippen LogP contribution in [0.1, 0.15) is 5.69 Å². The summed E-state index contributed by atoms with van der Waals surface area (Å²) in [5.41, 5.74) is 1.09. The SMILES string of the molecule is CN(C)N=Cc1cccc[n+]1C. The fourth-order valence-corrected chi connectivity index (χ4v) is 0.845. The van der Waals surface area contributed by atoms with E-state index in [2.05, 4.69) is 5.10 Å². The van der Waals surface area contributed by atoms with Gasteiger partial charge in [-0.15, -0.1) is 0 Å². The van der Waals surface area contributed by atoms with E-state index in [4.69, 9.17) is 0 Å². The summed E-state index contributed by atoms with van der Waals surface area (Å²) in [6, 6.07) is 6.01. The zero-order valence-corrected chi connectivity index (χ0v) is 7.73. The van der Waals surface area contributed by atoms with Crippen molar-refractivity contribution in [2.45, 2.75) is 0 Å². The molecule has 0 aliphatic heterocycles. The molecule has 3 nitrogen and oxygen atoms in total. The molecule has 3 heteroatoms. The largest absolute Gasteiger partial charge is 0.303 e. The van der Waals surface area contributed by atoms with Crippen LogP contribution in [0.2, 0.25) is 0 Å². The first-order valence-corrected chi connectivity index (χ1v) is 3.86. The van der Waals surface area contributed by atoms with Crippen LogP contribution in [0.15, 0.2) is 29.5 Å². The number of hydrazone groups is 1. The molecule has 12 heavy (non-hydrogen) atoms. The molecule has 0 saturated carbocycles. The Morgan fingerprint density at radius 2 is 2.17 bits per heavy atom. The molecule has 0 N–H and O–H groups in total. The monoisotopic (exact) mass is 164 g/mol. The lowest BCUT2D eigenvalue weighted by molar-refractivity contribution is -0.672. The number of pyridine rings is 1. The quantitative estimate of drug-likeness (QED) is 0.352. The van der Waals surface area contributed by atoms with Crippen molar-refractivity contribution >= 4 is 6.21 Å². The van der Waals surface area contributed by atoms with E-state index in [1.807, 2.05) is 56.3 Å². The van der Waals surface area contributed by atoms with Gasteiger partial charge in [0, 0.05) is 26.2 Å². The minimum absolute atomic E-state index is 1.09. The van der Waals surface area contributed by atoms with E-state index in [0.717, 1.165) is 5.69 Å². The summed E-state index contributed by atoms with van der Waals surface area (Å²) in [5.74, 6) is 0. The van der Waals surface area contributed by atoms with Gasteiger partial charge in [0.25, 0.3) is 0 Å². The first-order chi connectivity index (χ1) is 5.70. The Morgan fingerprint density at radius 3 is 2.75 bits per heavy atom. The van der Waals surface area contributed by atoms with Gasteiger partial charge in [0.1, 0.15) is 13.3 Å². The van der Waals surface area contributed by atoms with Crippen LogP contribution in [0.25, 0.3) is 0 Å². The van der Waals surface area contributed by atoms with E-state index in [1.54, 1.807) is 5.01 Å². The smallest absolute Gasteiger partial charge is 0.225 e. The first-order valence-electron chi connectivity index (χ1n) is 3.86. The Balaban J connectivity index is 2.82. The third-order valence-electron chi connectivity index (χ3n) is 1.52. The molecule has 0 aromatic carbocycles. The Bertz CT molecular complexity index is 279. The van der Waals surface area contributed by atoms with E-state index < -0.39 is 0 Å². The summed E-state index contributed by atoms with van der Waals surface area (Å²) in [6.45, 7) is 0. The number of aromatic nitrogens is 1. The van der Waals surface area contributed by atoms with E-state index in [1.165, 1.54) is 0 Å². The standard InChI is InChI=1S/C9H14N3/c1-11(2)10-8-9-6-4-5-7-12(9)3/h4-8H,1-3H3/q+1. The van der Waals surface area contributed by atoms with E-state index in [-0.39, 0.29) is 0 Å². The number of hydrogen-bond acceptors (Lipinski definition) is 2. The molecule has 0 spiro atoms. The fraction of sp³-hybridized carbons (Fsp3) is 0.333. The molecular formula is C9H14N3+. The molecule has 1 heterocycles. The van der Waals surface area contributed by atoms with Crippen molar-refractivity contribution in [2.75, 3.05) is 14.1 Å². The highest BCUT2D eigenvalue weighted by Gasteiger charge is 1.98. The van der Waals surface area contributed by atoms with Crippen LogP contribution in [-0.4, -0.2) is 25.3 Å². The molecule has 0 bridgehead atoms. The number of nitrogens with zero attached hydrogens (tertiary/aromatic N) is 3. The van der Waals surface area contributed by atoms with Crippen molar-refractivity contribution in [3.05, 3.63) is 30.1 Å². The van der Waals surface area contributed by atoms with Gasteiger partial charge in [0.05, 0.1) is 0 Å². The summed E-state index contributed by atoms with van der Waals surface area (Å²) in [7, 11) is 5.80. The second kappa shape index (κ2) is 3.85. The van der Waals surface area contributed by atoms with Crippen LogP contribution < -0.4 is 4.57 Å². The molecule has 0 radical (unpaired) electrons. The Kier molecular flexibility index (Phi) is 2.80. The summed E-state index contributed by atoms with van der Waals surface area (Å²) in [4.78, 5) is 0. The zero-order valence-electron chi connectivity index (χ0n) is 7.73. The van der Waals surface area contributed by atoms with Crippen LogP contribution in [0.4, 0.5) is 0 Å². The van der Waals surface area contributed by atoms with Crippen molar-refractivity contribution in [3.63, 3.8) is 0 Å². The third kappa shape index (κ3) is 2.34. The molecule has 0 unspecified atom stereocenters. The van der Waals surface area contributed by atoms with Gasteiger partial charge in [-0.25, -0.2) is 4.57 Å². The predicted octanol–water partition coefficient (Wildman–Crippen LogP) is 0.407. The number of hydrogen-bond donors (Lipinski definition) is 0. The summed E-state index contributed by atoms with van der Waals surface area (Å²) >= 11 is 0. The normalized spacial score (nSPS) is 10.6. The molecule has 0 fully saturated rings. The van der Waals surface area contributed by atoms with Crippen molar-refractivity contribution in [2.24, 2.45) is 12.1 Å². The van der Waals surface area contributed by atoms with Crippen LogP contribution >= 0.6 is 0 Å². The maximum atomic E-state index is 4.14. The topological polar surface area (TPSA) is 19.5 Å². The second-order valence-electron chi connectivity index (χ2n) is 2.83. The van der Waals surface area contributed by atoms with Gasteiger partial charge >= 0.3 is 0 Å². The van der Waals surface area contributed by atoms with Crippen LogP contribution in [-0.2, 0) is 7.05 Å². The molecule has 0 aliphatic carbocycles. The van der Waals surface area contributed by atoms with Gasteiger partial charge in [-0.3, -0.25) is 0 Å².